The van der Waals surface area contributed by atoms with Gasteiger partial charge in [-0.05, 0) is 43.7 Å². The zero-order valence-electron chi connectivity index (χ0n) is 15.2. The number of methoxy groups -OCH3 is 1. The lowest BCUT2D eigenvalue weighted by molar-refractivity contribution is -0.134. The molecule has 0 amide bonds. The number of hydrogen-bond donors (Lipinski definition) is 0. The van der Waals surface area contributed by atoms with Crippen molar-refractivity contribution in [3.05, 3.63) is 54.1 Å². The molecule has 0 bridgehead atoms. The third-order valence-electron chi connectivity index (χ3n) is 3.74. The monoisotopic (exact) mass is 370 g/mol. The molecule has 1 atom stereocenters. The fourth-order valence-electron chi connectivity index (χ4n) is 2.40. The first-order valence-corrected chi connectivity index (χ1v) is 9.07. The molecule has 136 valence electrons. The topological polar surface area (TPSA) is 44.8 Å². The first-order chi connectivity index (χ1) is 12.7. The van der Waals surface area contributed by atoms with Gasteiger partial charge in [-0.15, -0.1) is 5.92 Å². The molecule has 0 heterocycles. The third-order valence-corrected chi connectivity index (χ3v) is 4.45. The van der Waals surface area contributed by atoms with Crippen molar-refractivity contribution in [2.75, 3.05) is 13.7 Å². The number of carbonyl (C=O) groups excluding carboxylic acids is 1. The fourth-order valence-corrected chi connectivity index (χ4v) is 2.94. The van der Waals surface area contributed by atoms with Crippen LogP contribution in [0.5, 0.6) is 11.5 Å². The van der Waals surface area contributed by atoms with E-state index in [0.717, 1.165) is 28.3 Å². The van der Waals surface area contributed by atoms with Crippen LogP contribution in [0.2, 0.25) is 0 Å². The summed E-state index contributed by atoms with van der Waals surface area (Å²) in [6.07, 6.45) is 0.630. The molecule has 0 aliphatic carbocycles. The SMILES string of the molecule is CC#CCOc1ccc(SOC(=O)C(CC)c2ccccc2OC)cc1. The van der Waals surface area contributed by atoms with Crippen LogP contribution in [0.1, 0.15) is 31.7 Å². The molecule has 5 heteroatoms. The maximum absolute atomic E-state index is 12.5. The van der Waals surface area contributed by atoms with Crippen molar-refractivity contribution in [2.45, 2.75) is 31.1 Å². The highest BCUT2D eigenvalue weighted by molar-refractivity contribution is 7.95. The molecule has 0 saturated carbocycles. The van der Waals surface area contributed by atoms with Crippen LogP contribution in [-0.2, 0) is 8.98 Å². The number of rotatable bonds is 8. The summed E-state index contributed by atoms with van der Waals surface area (Å²) in [6, 6.07) is 14.8. The summed E-state index contributed by atoms with van der Waals surface area (Å²) < 4.78 is 16.3. The van der Waals surface area contributed by atoms with Gasteiger partial charge in [0.1, 0.15) is 18.1 Å². The van der Waals surface area contributed by atoms with E-state index in [-0.39, 0.29) is 11.9 Å². The van der Waals surface area contributed by atoms with Gasteiger partial charge in [0.05, 0.1) is 25.1 Å². The van der Waals surface area contributed by atoms with E-state index in [9.17, 15) is 4.79 Å². The normalized spacial score (nSPS) is 11.0. The Morgan fingerprint density at radius 3 is 2.54 bits per heavy atom. The average Bonchev–Trinajstić information content (AvgIpc) is 2.68. The third kappa shape index (κ3) is 5.47. The van der Waals surface area contributed by atoms with Crippen molar-refractivity contribution in [3.63, 3.8) is 0 Å². The van der Waals surface area contributed by atoms with E-state index in [0.29, 0.717) is 18.8 Å². The first-order valence-electron chi connectivity index (χ1n) is 8.33. The molecule has 0 spiro atoms. The van der Waals surface area contributed by atoms with Gasteiger partial charge in [-0.2, -0.15) is 0 Å². The second-order valence-electron chi connectivity index (χ2n) is 5.38. The minimum atomic E-state index is -0.367. The zero-order chi connectivity index (χ0) is 18.8. The predicted octanol–water partition coefficient (Wildman–Crippen LogP) is 4.84. The number of benzene rings is 2. The Morgan fingerprint density at radius 2 is 1.88 bits per heavy atom. The van der Waals surface area contributed by atoms with E-state index in [1.807, 2.05) is 55.5 Å². The summed E-state index contributed by atoms with van der Waals surface area (Å²) in [6.45, 7) is 4.08. The van der Waals surface area contributed by atoms with E-state index in [1.165, 1.54) is 0 Å². The minimum Gasteiger partial charge on any atom is -0.496 e. The van der Waals surface area contributed by atoms with Crippen LogP contribution in [0.3, 0.4) is 0 Å². The standard InChI is InChI=1S/C21H22O4S/c1-4-6-15-24-16-11-13-17(14-12-16)26-25-21(22)18(5-2)19-9-7-8-10-20(19)23-3/h7-14,18H,5,15H2,1-3H3. The van der Waals surface area contributed by atoms with Gasteiger partial charge in [0.2, 0.25) is 0 Å². The number of hydrogen-bond acceptors (Lipinski definition) is 5. The van der Waals surface area contributed by atoms with Crippen molar-refractivity contribution in [2.24, 2.45) is 0 Å². The van der Waals surface area contributed by atoms with Crippen LogP contribution in [0.4, 0.5) is 0 Å². The maximum Gasteiger partial charge on any atom is 0.325 e. The fraction of sp³-hybridized carbons (Fsp3) is 0.286. The predicted molar refractivity (Wildman–Crippen MR) is 103 cm³/mol. The molecule has 0 aromatic heterocycles. The summed E-state index contributed by atoms with van der Waals surface area (Å²) >= 11 is 1.04. The van der Waals surface area contributed by atoms with E-state index >= 15 is 0 Å². The van der Waals surface area contributed by atoms with E-state index in [2.05, 4.69) is 11.8 Å². The maximum atomic E-state index is 12.5. The Bertz CT molecular complexity index is 775. The van der Waals surface area contributed by atoms with E-state index in [1.54, 1.807) is 14.0 Å². The van der Waals surface area contributed by atoms with Crippen molar-refractivity contribution in [1.82, 2.24) is 0 Å². The second kappa shape index (κ2) is 10.4. The van der Waals surface area contributed by atoms with Crippen LogP contribution in [-0.4, -0.2) is 19.7 Å². The molecule has 0 radical (unpaired) electrons. The van der Waals surface area contributed by atoms with E-state index in [4.69, 9.17) is 13.7 Å². The number of ether oxygens (including phenoxy) is 2. The van der Waals surface area contributed by atoms with Gasteiger partial charge in [0, 0.05) is 10.5 Å². The average molecular weight is 370 g/mol. The van der Waals surface area contributed by atoms with Gasteiger partial charge in [-0.25, -0.2) is 0 Å². The molecular weight excluding hydrogens is 348 g/mol. The Morgan fingerprint density at radius 1 is 1.15 bits per heavy atom. The van der Waals surface area contributed by atoms with Gasteiger partial charge < -0.3 is 13.7 Å². The van der Waals surface area contributed by atoms with Gasteiger partial charge in [-0.1, -0.05) is 31.0 Å². The molecule has 1 unspecified atom stereocenters. The summed E-state index contributed by atoms with van der Waals surface area (Å²) in [5.74, 6) is 6.37. The van der Waals surface area contributed by atoms with E-state index < -0.39 is 0 Å². The molecule has 0 N–H and O–H groups in total. The minimum absolute atomic E-state index is 0.291. The van der Waals surface area contributed by atoms with Crippen molar-refractivity contribution in [3.8, 4) is 23.3 Å². The quantitative estimate of drug-likeness (QED) is 0.491. The van der Waals surface area contributed by atoms with Gasteiger partial charge in [0.15, 0.2) is 0 Å². The van der Waals surface area contributed by atoms with Crippen LogP contribution >= 0.6 is 12.0 Å². The molecule has 2 rings (SSSR count). The molecule has 26 heavy (non-hydrogen) atoms. The van der Waals surface area contributed by atoms with Crippen molar-refractivity contribution < 1.29 is 18.5 Å². The summed E-state index contributed by atoms with van der Waals surface area (Å²) in [5.41, 5.74) is 0.837. The summed E-state index contributed by atoms with van der Waals surface area (Å²) in [7, 11) is 1.60. The molecule has 2 aromatic carbocycles. The molecule has 0 saturated heterocycles. The molecule has 0 aliphatic heterocycles. The molecule has 0 fully saturated rings. The number of carbonyl (C=O) groups is 1. The first kappa shape index (κ1) is 19.7. The largest absolute Gasteiger partial charge is 0.496 e. The Hall–Kier alpha value is -2.58. The van der Waals surface area contributed by atoms with Gasteiger partial charge in [-0.3, -0.25) is 4.79 Å². The smallest absolute Gasteiger partial charge is 0.325 e. The van der Waals surface area contributed by atoms with Crippen LogP contribution < -0.4 is 9.47 Å². The highest BCUT2D eigenvalue weighted by atomic mass is 32.2. The molecule has 4 nitrogen and oxygen atoms in total. The van der Waals surface area contributed by atoms with Crippen LogP contribution in [0, 0.1) is 11.8 Å². The lowest BCUT2D eigenvalue weighted by Crippen LogP contribution is -2.13. The Balaban J connectivity index is 1.96. The Labute approximate surface area is 159 Å². The van der Waals surface area contributed by atoms with Gasteiger partial charge >= 0.3 is 5.97 Å². The summed E-state index contributed by atoms with van der Waals surface area (Å²) in [5, 5.41) is 0. The Kier molecular flexibility index (Phi) is 7.91. The lowest BCUT2D eigenvalue weighted by atomic mass is 9.96. The molecule has 0 aliphatic rings. The highest BCUT2D eigenvalue weighted by Gasteiger charge is 2.24. The van der Waals surface area contributed by atoms with Crippen molar-refractivity contribution >= 4 is 18.0 Å². The molecule has 2 aromatic rings. The second-order valence-corrected chi connectivity index (χ2v) is 6.18. The van der Waals surface area contributed by atoms with Crippen LogP contribution in [0.15, 0.2) is 53.4 Å². The number of para-hydroxylation sites is 1. The molecular formula is C21H22O4S. The van der Waals surface area contributed by atoms with Crippen LogP contribution in [0.25, 0.3) is 0 Å². The highest BCUT2D eigenvalue weighted by Crippen LogP contribution is 2.32. The zero-order valence-corrected chi connectivity index (χ0v) is 16.0. The summed E-state index contributed by atoms with van der Waals surface area (Å²) in [4.78, 5) is 13.3. The lowest BCUT2D eigenvalue weighted by Gasteiger charge is -2.16. The van der Waals surface area contributed by atoms with Gasteiger partial charge in [0.25, 0.3) is 0 Å². The van der Waals surface area contributed by atoms with Crippen molar-refractivity contribution in [1.29, 1.82) is 0 Å².